The summed E-state index contributed by atoms with van der Waals surface area (Å²) in [5.41, 5.74) is 6.15. The molecule has 6 heteroatoms. The van der Waals surface area contributed by atoms with Gasteiger partial charge in [0.15, 0.2) is 5.17 Å². The Balaban J connectivity index is 1.53. The molecule has 0 aliphatic carbocycles. The number of nitrogens with zero attached hydrogens (tertiary/aromatic N) is 3. The van der Waals surface area contributed by atoms with Crippen LogP contribution in [0.4, 0.5) is 10.1 Å². The Morgan fingerprint density at radius 2 is 1.68 bits per heavy atom. The highest BCUT2D eigenvalue weighted by Gasteiger charge is 2.31. The van der Waals surface area contributed by atoms with Gasteiger partial charge in [0.1, 0.15) is 5.82 Å². The van der Waals surface area contributed by atoms with Gasteiger partial charge in [0.25, 0.3) is 5.91 Å². The van der Waals surface area contributed by atoms with Crippen molar-refractivity contribution in [3.63, 3.8) is 0 Å². The molecule has 1 saturated heterocycles. The third kappa shape index (κ3) is 4.17. The molecule has 0 spiro atoms. The molecule has 1 fully saturated rings. The van der Waals surface area contributed by atoms with Crippen LogP contribution in [0.3, 0.4) is 0 Å². The van der Waals surface area contributed by atoms with Crippen molar-refractivity contribution in [3.8, 4) is 0 Å². The lowest BCUT2D eigenvalue weighted by molar-refractivity contribution is -0.121. The summed E-state index contributed by atoms with van der Waals surface area (Å²) in [7, 11) is 1.76. The highest BCUT2D eigenvalue weighted by molar-refractivity contribution is 8.18. The number of rotatable bonds is 4. The smallest absolute Gasteiger partial charge is 0.266 e. The van der Waals surface area contributed by atoms with Gasteiger partial charge >= 0.3 is 0 Å². The van der Waals surface area contributed by atoms with Crippen molar-refractivity contribution >= 4 is 45.5 Å². The summed E-state index contributed by atoms with van der Waals surface area (Å²) >= 11 is 1.39. The maximum Gasteiger partial charge on any atom is 0.266 e. The number of fused-ring (bicyclic) bond motifs is 1. The number of para-hydroxylation sites is 1. The van der Waals surface area contributed by atoms with Crippen molar-refractivity contribution in [1.82, 2.24) is 9.47 Å². The van der Waals surface area contributed by atoms with E-state index in [0.717, 1.165) is 33.4 Å². The van der Waals surface area contributed by atoms with Crippen molar-refractivity contribution in [2.75, 3.05) is 7.05 Å². The second kappa shape index (κ2) is 8.95. The van der Waals surface area contributed by atoms with Crippen molar-refractivity contribution in [1.29, 1.82) is 0 Å². The van der Waals surface area contributed by atoms with Crippen LogP contribution in [0.15, 0.2) is 82.7 Å². The van der Waals surface area contributed by atoms with E-state index in [4.69, 9.17) is 0 Å². The molecule has 1 aliphatic rings. The van der Waals surface area contributed by atoms with E-state index >= 15 is 0 Å². The van der Waals surface area contributed by atoms with Gasteiger partial charge in [0, 0.05) is 35.8 Å². The van der Waals surface area contributed by atoms with E-state index in [9.17, 15) is 9.18 Å². The minimum atomic E-state index is -0.243. The zero-order valence-corrected chi connectivity index (χ0v) is 20.1. The Kier molecular flexibility index (Phi) is 5.84. The zero-order chi connectivity index (χ0) is 23.8. The number of carbonyl (C=O) groups is 1. The molecule has 4 nitrogen and oxygen atoms in total. The first-order chi connectivity index (χ1) is 16.4. The quantitative estimate of drug-likeness (QED) is 0.313. The van der Waals surface area contributed by atoms with E-state index in [-0.39, 0.29) is 11.7 Å². The predicted octanol–water partition coefficient (Wildman–Crippen LogP) is 6.68. The summed E-state index contributed by atoms with van der Waals surface area (Å²) < 4.78 is 15.6. The number of carbonyl (C=O) groups excluding carboxylic acids is 1. The molecule has 34 heavy (non-hydrogen) atoms. The molecule has 2 heterocycles. The Morgan fingerprint density at radius 1 is 0.971 bits per heavy atom. The monoisotopic (exact) mass is 469 g/mol. The van der Waals surface area contributed by atoms with E-state index in [1.807, 2.05) is 49.4 Å². The first-order valence-electron chi connectivity index (χ1n) is 11.1. The number of amides is 1. The van der Waals surface area contributed by atoms with Gasteiger partial charge in [-0.3, -0.25) is 9.69 Å². The lowest BCUT2D eigenvalue weighted by Crippen LogP contribution is -2.23. The highest BCUT2D eigenvalue weighted by atomic mass is 32.2. The molecule has 0 bridgehead atoms. The van der Waals surface area contributed by atoms with Crippen molar-refractivity contribution in [2.24, 2.45) is 4.99 Å². The van der Waals surface area contributed by atoms with Crippen LogP contribution in [-0.2, 0) is 11.3 Å². The molecule has 170 valence electrons. The molecule has 5 rings (SSSR count). The second-order valence-corrected chi connectivity index (χ2v) is 9.44. The minimum Gasteiger partial charge on any atom is -0.340 e. The highest BCUT2D eigenvalue weighted by Crippen LogP contribution is 2.36. The first kappa shape index (κ1) is 22.2. The molecule has 1 amide bonds. The SMILES string of the molecule is Cc1ccc(N=C2S/C(=C\c3c(C)n(Cc4ccc(F)cc4)c4ccccc34)C(=O)N2C)cc1. The van der Waals surface area contributed by atoms with Crippen LogP contribution in [0.2, 0.25) is 0 Å². The normalized spacial score (nSPS) is 16.4. The summed E-state index contributed by atoms with van der Waals surface area (Å²) in [5, 5.41) is 1.74. The van der Waals surface area contributed by atoms with Crippen LogP contribution in [0.25, 0.3) is 17.0 Å². The maximum atomic E-state index is 13.4. The van der Waals surface area contributed by atoms with E-state index in [2.05, 4.69) is 28.6 Å². The topological polar surface area (TPSA) is 37.6 Å². The van der Waals surface area contributed by atoms with Crippen molar-refractivity contribution < 1.29 is 9.18 Å². The summed E-state index contributed by atoms with van der Waals surface area (Å²) in [6.45, 7) is 4.72. The van der Waals surface area contributed by atoms with Gasteiger partial charge in [-0.2, -0.15) is 0 Å². The number of hydrogen-bond donors (Lipinski definition) is 0. The number of aryl methyl sites for hydroxylation is 1. The zero-order valence-electron chi connectivity index (χ0n) is 19.2. The van der Waals surface area contributed by atoms with E-state index in [1.54, 1.807) is 24.1 Å². The van der Waals surface area contributed by atoms with Crippen LogP contribution in [0, 0.1) is 19.7 Å². The van der Waals surface area contributed by atoms with E-state index in [0.29, 0.717) is 16.6 Å². The molecule has 0 saturated carbocycles. The first-order valence-corrected chi connectivity index (χ1v) is 11.9. The molecule has 0 atom stereocenters. The summed E-state index contributed by atoms with van der Waals surface area (Å²) in [6.07, 6.45) is 1.97. The number of aliphatic imine (C=N–C) groups is 1. The number of hydrogen-bond acceptors (Lipinski definition) is 3. The number of amidine groups is 1. The standard InChI is InChI=1S/C28H24FN3OS/c1-18-8-14-22(15-9-18)30-28-31(3)27(33)26(34-28)16-24-19(2)32(25-7-5-4-6-23(24)25)17-20-10-12-21(29)13-11-20/h4-16H,17H2,1-3H3/b26-16-,30-28?. The van der Waals surface area contributed by atoms with Gasteiger partial charge < -0.3 is 4.57 Å². The largest absolute Gasteiger partial charge is 0.340 e. The molecule has 0 N–H and O–H groups in total. The Labute approximate surface area is 202 Å². The minimum absolute atomic E-state index is 0.0642. The molecular weight excluding hydrogens is 445 g/mol. The fraction of sp³-hybridized carbons (Fsp3) is 0.143. The second-order valence-electron chi connectivity index (χ2n) is 8.43. The van der Waals surface area contributed by atoms with Crippen LogP contribution in [0.5, 0.6) is 0 Å². The third-order valence-corrected chi connectivity index (χ3v) is 7.13. The molecule has 0 unspecified atom stereocenters. The van der Waals surface area contributed by atoms with Gasteiger partial charge in [0.2, 0.25) is 0 Å². The number of halogens is 1. The molecule has 4 aromatic rings. The molecular formula is C28H24FN3OS. The van der Waals surface area contributed by atoms with Crippen LogP contribution < -0.4 is 0 Å². The molecule has 1 aliphatic heterocycles. The molecule has 1 aromatic heterocycles. The average Bonchev–Trinajstić information content (AvgIpc) is 3.25. The number of benzene rings is 3. The fourth-order valence-electron chi connectivity index (χ4n) is 4.13. The Bertz CT molecular complexity index is 1450. The Morgan fingerprint density at radius 3 is 2.41 bits per heavy atom. The van der Waals surface area contributed by atoms with Gasteiger partial charge in [0.05, 0.1) is 10.6 Å². The van der Waals surface area contributed by atoms with Crippen molar-refractivity contribution in [3.05, 3.63) is 106 Å². The number of likely N-dealkylation sites (N-methyl/N-ethyl adjacent to an activating group) is 1. The number of thioether (sulfide) groups is 1. The average molecular weight is 470 g/mol. The summed E-state index contributed by atoms with van der Waals surface area (Å²) in [5.74, 6) is -0.308. The van der Waals surface area contributed by atoms with Gasteiger partial charge in [-0.1, -0.05) is 48.0 Å². The van der Waals surface area contributed by atoms with Crippen molar-refractivity contribution in [2.45, 2.75) is 20.4 Å². The van der Waals surface area contributed by atoms with E-state index < -0.39 is 0 Å². The number of aromatic nitrogens is 1. The molecule has 0 radical (unpaired) electrons. The van der Waals surface area contributed by atoms with Crippen LogP contribution in [-0.4, -0.2) is 27.6 Å². The van der Waals surface area contributed by atoms with Gasteiger partial charge in [-0.05, 0) is 67.6 Å². The predicted molar refractivity (Wildman–Crippen MR) is 139 cm³/mol. The lowest BCUT2D eigenvalue weighted by atomic mass is 10.1. The molecule has 3 aromatic carbocycles. The van der Waals surface area contributed by atoms with Crippen LogP contribution in [0.1, 0.15) is 22.4 Å². The summed E-state index contributed by atoms with van der Waals surface area (Å²) in [6, 6.07) is 22.7. The third-order valence-electron chi connectivity index (χ3n) is 6.07. The van der Waals surface area contributed by atoms with E-state index in [1.165, 1.54) is 29.5 Å². The summed E-state index contributed by atoms with van der Waals surface area (Å²) in [4.78, 5) is 20.0. The fourth-order valence-corrected chi connectivity index (χ4v) is 5.10. The maximum absolute atomic E-state index is 13.4. The lowest BCUT2D eigenvalue weighted by Gasteiger charge is -2.09. The van der Waals surface area contributed by atoms with Gasteiger partial charge in [-0.25, -0.2) is 9.38 Å². The Hall–Kier alpha value is -3.64. The van der Waals surface area contributed by atoms with Gasteiger partial charge in [-0.15, -0.1) is 0 Å². The van der Waals surface area contributed by atoms with Crippen LogP contribution >= 0.6 is 11.8 Å².